The molecule has 0 aromatic rings. The van der Waals surface area contributed by atoms with Crippen LogP contribution in [-0.2, 0) is 23.7 Å². The molecule has 2 bridgehead atoms. The number of fused-ring (bicyclic) bond motifs is 1. The maximum atomic E-state index is 11.2. The van der Waals surface area contributed by atoms with Crippen molar-refractivity contribution < 1.29 is 23.7 Å². The molecule has 1 unspecified atom stereocenters. The Bertz CT molecular complexity index is 395. The summed E-state index contributed by atoms with van der Waals surface area (Å²) in [7, 11) is 0. The van der Waals surface area contributed by atoms with Crippen molar-refractivity contribution in [2.75, 3.05) is 6.61 Å². The van der Waals surface area contributed by atoms with Crippen molar-refractivity contribution in [1.29, 1.82) is 0 Å². The maximum absolute atomic E-state index is 11.2. The molecular weight excluding hydrogens is 236 g/mol. The zero-order valence-corrected chi connectivity index (χ0v) is 10.5. The summed E-state index contributed by atoms with van der Waals surface area (Å²) in [6, 6.07) is 0. The highest BCUT2D eigenvalue weighted by Gasteiger charge is 2.72. The highest BCUT2D eigenvalue weighted by molar-refractivity contribution is 5.66. The van der Waals surface area contributed by atoms with Crippen molar-refractivity contribution in [1.82, 2.24) is 0 Å². The highest BCUT2D eigenvalue weighted by Crippen LogP contribution is 2.65. The molecule has 3 saturated heterocycles. The molecular formula is C13H18O5. The quantitative estimate of drug-likeness (QED) is 0.661. The number of carbonyl (C=O) groups is 1. The average Bonchev–Trinajstić information content (AvgIpc) is 2.77. The smallest absolute Gasteiger partial charge is 0.305 e. The van der Waals surface area contributed by atoms with Crippen LogP contribution in [0.3, 0.4) is 0 Å². The summed E-state index contributed by atoms with van der Waals surface area (Å²) >= 11 is 0. The van der Waals surface area contributed by atoms with Gasteiger partial charge in [-0.15, -0.1) is 0 Å². The van der Waals surface area contributed by atoms with E-state index < -0.39 is 6.29 Å². The lowest BCUT2D eigenvalue weighted by molar-refractivity contribution is -0.362. The number of esters is 1. The van der Waals surface area contributed by atoms with Gasteiger partial charge in [-0.1, -0.05) is 0 Å². The Morgan fingerprint density at radius 2 is 2.22 bits per heavy atom. The predicted octanol–water partition coefficient (Wildman–Crippen LogP) is 1.35. The Hall–Kier alpha value is -0.650. The van der Waals surface area contributed by atoms with Crippen LogP contribution >= 0.6 is 0 Å². The van der Waals surface area contributed by atoms with Crippen molar-refractivity contribution in [3.8, 4) is 0 Å². The molecule has 5 atom stereocenters. The van der Waals surface area contributed by atoms with Gasteiger partial charge in [0.2, 0.25) is 6.29 Å². The first-order valence-electron chi connectivity index (χ1n) is 6.77. The molecule has 3 aliphatic heterocycles. The van der Waals surface area contributed by atoms with Crippen LogP contribution in [0.25, 0.3) is 0 Å². The number of hydrogen-bond acceptors (Lipinski definition) is 5. The molecule has 4 aliphatic rings. The molecule has 5 heteroatoms. The van der Waals surface area contributed by atoms with Crippen molar-refractivity contribution in [3.05, 3.63) is 0 Å². The second-order valence-corrected chi connectivity index (χ2v) is 5.93. The van der Waals surface area contributed by atoms with Gasteiger partial charge in [0.1, 0.15) is 11.7 Å². The third-order valence-electron chi connectivity index (χ3n) is 5.15. The van der Waals surface area contributed by atoms with E-state index in [1.165, 1.54) is 19.8 Å². The molecule has 4 rings (SSSR count). The maximum Gasteiger partial charge on any atom is 0.305 e. The summed E-state index contributed by atoms with van der Waals surface area (Å²) < 4.78 is 23.0. The first kappa shape index (κ1) is 11.2. The van der Waals surface area contributed by atoms with E-state index in [2.05, 4.69) is 0 Å². The molecule has 4 fully saturated rings. The molecule has 18 heavy (non-hydrogen) atoms. The molecule has 0 aromatic carbocycles. The van der Waals surface area contributed by atoms with Gasteiger partial charge >= 0.3 is 5.97 Å². The summed E-state index contributed by atoms with van der Waals surface area (Å²) in [5, 5.41) is 0. The number of carbonyl (C=O) groups excluding carboxylic acids is 1. The monoisotopic (exact) mass is 254 g/mol. The molecule has 100 valence electrons. The largest absolute Gasteiger partial charge is 0.433 e. The summed E-state index contributed by atoms with van der Waals surface area (Å²) in [6.45, 7) is 2.12. The molecule has 3 heterocycles. The molecule has 1 saturated carbocycles. The van der Waals surface area contributed by atoms with Gasteiger partial charge in [0, 0.05) is 25.4 Å². The van der Waals surface area contributed by atoms with E-state index in [1.54, 1.807) is 0 Å². The van der Waals surface area contributed by atoms with Gasteiger partial charge in [0.05, 0.1) is 0 Å². The lowest BCUT2D eigenvalue weighted by Crippen LogP contribution is -2.63. The molecule has 5 nitrogen and oxygen atoms in total. The lowest BCUT2D eigenvalue weighted by Gasteiger charge is -2.50. The number of ether oxygens (including phenoxy) is 4. The zero-order valence-electron chi connectivity index (χ0n) is 10.5. The topological polar surface area (TPSA) is 54.0 Å². The van der Waals surface area contributed by atoms with Crippen molar-refractivity contribution in [3.63, 3.8) is 0 Å². The van der Waals surface area contributed by atoms with Gasteiger partial charge in [-0.05, 0) is 25.7 Å². The third-order valence-corrected chi connectivity index (χ3v) is 5.15. The van der Waals surface area contributed by atoms with Gasteiger partial charge in [0.15, 0.2) is 6.29 Å². The van der Waals surface area contributed by atoms with E-state index in [1.807, 2.05) is 0 Å². The molecule has 0 aromatic heterocycles. The van der Waals surface area contributed by atoms with Crippen LogP contribution in [0.2, 0.25) is 0 Å². The fraction of sp³-hybridized carbons (Fsp3) is 0.923. The minimum atomic E-state index is -0.596. The van der Waals surface area contributed by atoms with Crippen LogP contribution < -0.4 is 0 Å². The van der Waals surface area contributed by atoms with E-state index in [-0.39, 0.29) is 29.4 Å². The van der Waals surface area contributed by atoms with Crippen molar-refractivity contribution in [2.45, 2.75) is 63.3 Å². The first-order chi connectivity index (χ1) is 8.65. The predicted molar refractivity (Wildman–Crippen MR) is 59.5 cm³/mol. The van der Waals surface area contributed by atoms with Crippen LogP contribution in [0.4, 0.5) is 0 Å². The summed E-state index contributed by atoms with van der Waals surface area (Å²) in [6.07, 6.45) is 4.22. The molecule has 0 N–H and O–H groups in total. The fourth-order valence-corrected chi connectivity index (χ4v) is 4.53. The highest BCUT2D eigenvalue weighted by atomic mass is 16.8. The van der Waals surface area contributed by atoms with Gasteiger partial charge in [-0.3, -0.25) is 4.79 Å². The molecule has 0 radical (unpaired) electrons. The first-order valence-corrected chi connectivity index (χ1v) is 6.77. The number of rotatable bonds is 1. The third kappa shape index (κ3) is 1.20. The van der Waals surface area contributed by atoms with Crippen LogP contribution in [0.15, 0.2) is 0 Å². The Morgan fingerprint density at radius 3 is 3.06 bits per heavy atom. The number of hydrogen-bond donors (Lipinski definition) is 0. The van der Waals surface area contributed by atoms with Gasteiger partial charge < -0.3 is 18.9 Å². The molecule has 1 spiro atoms. The normalized spacial score (nSPS) is 53.1. The molecule has 1 aliphatic carbocycles. The summed E-state index contributed by atoms with van der Waals surface area (Å²) in [4.78, 5) is 11.2. The van der Waals surface area contributed by atoms with Gasteiger partial charge in [-0.2, -0.15) is 0 Å². The van der Waals surface area contributed by atoms with E-state index in [0.717, 1.165) is 19.3 Å². The summed E-state index contributed by atoms with van der Waals surface area (Å²) in [5.74, 6) is -0.324. The van der Waals surface area contributed by atoms with Crippen LogP contribution in [0, 0.1) is 5.41 Å². The second kappa shape index (κ2) is 3.46. The van der Waals surface area contributed by atoms with Gasteiger partial charge in [0.25, 0.3) is 0 Å². The van der Waals surface area contributed by atoms with E-state index in [4.69, 9.17) is 18.9 Å². The van der Waals surface area contributed by atoms with Crippen molar-refractivity contribution >= 4 is 5.97 Å². The Balaban J connectivity index is 1.73. The Labute approximate surface area is 106 Å². The van der Waals surface area contributed by atoms with Gasteiger partial charge in [-0.25, -0.2) is 0 Å². The molecule has 0 amide bonds. The second-order valence-electron chi connectivity index (χ2n) is 5.93. The van der Waals surface area contributed by atoms with E-state index in [9.17, 15) is 4.79 Å². The summed E-state index contributed by atoms with van der Waals surface area (Å²) in [5.41, 5.74) is -0.0796. The standard InChI is InChI=1S/C13H18O5/c1-8(14)16-11-10-13-4-2-3-12(13,5-6-15-10)7-9(17-11)18-13/h9-11H,2-7H2,1H3/t9-,10?,11-,12-,13-/m1/s1. The minimum absolute atomic E-state index is 0.190. The minimum Gasteiger partial charge on any atom is -0.433 e. The van der Waals surface area contributed by atoms with Crippen LogP contribution in [0.1, 0.15) is 39.0 Å². The average molecular weight is 254 g/mol. The Morgan fingerprint density at radius 1 is 1.33 bits per heavy atom. The van der Waals surface area contributed by atoms with E-state index in [0.29, 0.717) is 6.61 Å². The van der Waals surface area contributed by atoms with Crippen molar-refractivity contribution in [2.24, 2.45) is 5.41 Å². The van der Waals surface area contributed by atoms with Crippen LogP contribution in [-0.4, -0.2) is 36.9 Å². The Kier molecular flexibility index (Phi) is 2.16. The SMILES string of the molecule is CC(=O)O[C@@H]1O[C@H]2C[C@]34CCC[C@@]3(O2)C1OCC4. The lowest BCUT2D eigenvalue weighted by atomic mass is 9.67. The van der Waals surface area contributed by atoms with E-state index >= 15 is 0 Å². The fourth-order valence-electron chi connectivity index (χ4n) is 4.53. The van der Waals surface area contributed by atoms with Crippen LogP contribution in [0.5, 0.6) is 0 Å². The zero-order chi connectivity index (χ0) is 12.4.